The van der Waals surface area contributed by atoms with Crippen LogP contribution in [0.1, 0.15) is 51.2 Å². The van der Waals surface area contributed by atoms with E-state index in [1.165, 1.54) is 36.9 Å². The van der Waals surface area contributed by atoms with Gasteiger partial charge in [-0.3, -0.25) is 4.90 Å². The second kappa shape index (κ2) is 7.95. The van der Waals surface area contributed by atoms with Gasteiger partial charge in [0.05, 0.1) is 0 Å². The van der Waals surface area contributed by atoms with Crippen LogP contribution in [-0.4, -0.2) is 30.1 Å². The molecule has 1 aliphatic rings. The number of hydrogen-bond donors (Lipinski definition) is 1. The Labute approximate surface area is 130 Å². The maximum atomic E-state index is 3.79. The molecule has 21 heavy (non-hydrogen) atoms. The highest BCUT2D eigenvalue weighted by Gasteiger charge is 2.29. The molecule has 1 aliphatic heterocycles. The third kappa shape index (κ3) is 4.55. The van der Waals surface area contributed by atoms with Gasteiger partial charge in [-0.05, 0) is 24.8 Å². The van der Waals surface area contributed by atoms with Crippen LogP contribution in [0, 0.1) is 12.8 Å². The fraction of sp³-hybridized carbons (Fsp3) is 0.684. The van der Waals surface area contributed by atoms with Gasteiger partial charge in [-0.25, -0.2) is 0 Å². The number of nitrogens with zero attached hydrogens (tertiary/aromatic N) is 1. The molecule has 1 fully saturated rings. The van der Waals surface area contributed by atoms with E-state index in [0.717, 1.165) is 19.0 Å². The molecule has 0 spiro atoms. The molecule has 3 atom stereocenters. The van der Waals surface area contributed by atoms with Crippen LogP contribution < -0.4 is 5.32 Å². The zero-order valence-electron chi connectivity index (χ0n) is 14.2. The van der Waals surface area contributed by atoms with Crippen LogP contribution in [0.5, 0.6) is 0 Å². The molecule has 3 unspecified atom stereocenters. The SMILES string of the molecule is CCCC1CNC(C(C)CC)CN1Cc1ccc(C)cc1. The van der Waals surface area contributed by atoms with Crippen LogP contribution >= 0.6 is 0 Å². The van der Waals surface area contributed by atoms with Crippen LogP contribution in [-0.2, 0) is 6.54 Å². The van der Waals surface area contributed by atoms with Crippen molar-refractivity contribution in [1.29, 1.82) is 0 Å². The number of piperazine rings is 1. The minimum absolute atomic E-state index is 0.647. The Hall–Kier alpha value is -0.860. The molecule has 0 saturated carbocycles. The van der Waals surface area contributed by atoms with Crippen molar-refractivity contribution >= 4 is 0 Å². The Bertz CT molecular complexity index is 412. The zero-order valence-corrected chi connectivity index (χ0v) is 14.2. The Balaban J connectivity index is 2.04. The molecule has 118 valence electrons. The van der Waals surface area contributed by atoms with E-state index >= 15 is 0 Å². The minimum Gasteiger partial charge on any atom is -0.311 e. The fourth-order valence-electron chi connectivity index (χ4n) is 3.29. The predicted octanol–water partition coefficient (Wildman–Crippen LogP) is 3.98. The average molecular weight is 288 g/mol. The monoisotopic (exact) mass is 288 g/mol. The Morgan fingerprint density at radius 3 is 2.57 bits per heavy atom. The molecule has 2 heteroatoms. The molecule has 0 aliphatic carbocycles. The summed E-state index contributed by atoms with van der Waals surface area (Å²) in [5.41, 5.74) is 2.80. The van der Waals surface area contributed by atoms with E-state index in [4.69, 9.17) is 0 Å². The highest BCUT2D eigenvalue weighted by atomic mass is 15.2. The summed E-state index contributed by atoms with van der Waals surface area (Å²) in [5.74, 6) is 0.757. The van der Waals surface area contributed by atoms with E-state index in [-0.39, 0.29) is 0 Å². The molecular formula is C19H32N2. The Morgan fingerprint density at radius 1 is 1.24 bits per heavy atom. The maximum Gasteiger partial charge on any atom is 0.0237 e. The van der Waals surface area contributed by atoms with E-state index in [9.17, 15) is 0 Å². The summed E-state index contributed by atoms with van der Waals surface area (Å²) in [6.45, 7) is 12.6. The molecule has 1 aromatic carbocycles. The summed E-state index contributed by atoms with van der Waals surface area (Å²) in [7, 11) is 0. The first kappa shape index (κ1) is 16.5. The van der Waals surface area contributed by atoms with Crippen molar-refractivity contribution in [2.45, 2.75) is 65.6 Å². The summed E-state index contributed by atoms with van der Waals surface area (Å²) in [6.07, 6.45) is 3.82. The average Bonchev–Trinajstić information content (AvgIpc) is 2.50. The number of hydrogen-bond acceptors (Lipinski definition) is 2. The molecule has 1 N–H and O–H groups in total. The normalized spacial score (nSPS) is 25.0. The topological polar surface area (TPSA) is 15.3 Å². The van der Waals surface area contributed by atoms with E-state index in [1.54, 1.807) is 0 Å². The summed E-state index contributed by atoms with van der Waals surface area (Å²) in [5, 5.41) is 3.79. The largest absolute Gasteiger partial charge is 0.311 e. The van der Waals surface area contributed by atoms with Crippen molar-refractivity contribution in [3.8, 4) is 0 Å². The van der Waals surface area contributed by atoms with E-state index < -0.39 is 0 Å². The molecule has 0 radical (unpaired) electrons. The quantitative estimate of drug-likeness (QED) is 0.851. The number of benzene rings is 1. The zero-order chi connectivity index (χ0) is 15.2. The lowest BCUT2D eigenvalue weighted by Crippen LogP contribution is -2.57. The van der Waals surface area contributed by atoms with Gasteiger partial charge in [0.15, 0.2) is 0 Å². The second-order valence-electron chi connectivity index (χ2n) is 6.76. The van der Waals surface area contributed by atoms with Crippen LogP contribution in [0.3, 0.4) is 0 Å². The molecule has 2 nitrogen and oxygen atoms in total. The number of rotatable bonds is 6. The van der Waals surface area contributed by atoms with Gasteiger partial charge in [0, 0.05) is 31.7 Å². The lowest BCUT2D eigenvalue weighted by Gasteiger charge is -2.42. The molecule has 2 rings (SSSR count). The molecule has 0 amide bonds. The highest BCUT2D eigenvalue weighted by molar-refractivity contribution is 5.21. The first-order valence-corrected chi connectivity index (χ1v) is 8.67. The third-order valence-corrected chi connectivity index (χ3v) is 5.02. The first-order chi connectivity index (χ1) is 10.1. The standard InChI is InChI=1S/C19H32N2/c1-5-7-18-12-20-19(16(4)6-2)14-21(18)13-17-10-8-15(3)9-11-17/h8-11,16,18-20H,5-7,12-14H2,1-4H3. The van der Waals surface area contributed by atoms with Crippen molar-refractivity contribution in [2.75, 3.05) is 13.1 Å². The summed E-state index contributed by atoms with van der Waals surface area (Å²) < 4.78 is 0. The highest BCUT2D eigenvalue weighted by Crippen LogP contribution is 2.20. The van der Waals surface area contributed by atoms with Crippen molar-refractivity contribution < 1.29 is 0 Å². The van der Waals surface area contributed by atoms with Crippen molar-refractivity contribution in [3.05, 3.63) is 35.4 Å². The number of nitrogens with one attached hydrogen (secondary N) is 1. The van der Waals surface area contributed by atoms with Crippen LogP contribution in [0.2, 0.25) is 0 Å². The van der Waals surface area contributed by atoms with Gasteiger partial charge in [0.25, 0.3) is 0 Å². The predicted molar refractivity (Wildman–Crippen MR) is 91.5 cm³/mol. The first-order valence-electron chi connectivity index (χ1n) is 8.67. The lowest BCUT2D eigenvalue weighted by molar-refractivity contribution is 0.0960. The third-order valence-electron chi connectivity index (χ3n) is 5.02. The molecular weight excluding hydrogens is 256 g/mol. The van der Waals surface area contributed by atoms with Crippen molar-refractivity contribution in [2.24, 2.45) is 5.92 Å². The van der Waals surface area contributed by atoms with Gasteiger partial charge in [-0.15, -0.1) is 0 Å². The van der Waals surface area contributed by atoms with E-state index in [2.05, 4.69) is 62.2 Å². The Morgan fingerprint density at radius 2 is 1.95 bits per heavy atom. The Kier molecular flexibility index (Phi) is 6.25. The summed E-state index contributed by atoms with van der Waals surface area (Å²) in [4.78, 5) is 2.71. The fourth-order valence-corrected chi connectivity index (χ4v) is 3.29. The van der Waals surface area contributed by atoms with E-state index in [1.807, 2.05) is 0 Å². The van der Waals surface area contributed by atoms with Crippen LogP contribution in [0.15, 0.2) is 24.3 Å². The smallest absolute Gasteiger partial charge is 0.0237 e. The molecule has 1 aromatic rings. The summed E-state index contributed by atoms with van der Waals surface area (Å²) >= 11 is 0. The van der Waals surface area contributed by atoms with Gasteiger partial charge in [0.2, 0.25) is 0 Å². The van der Waals surface area contributed by atoms with Crippen LogP contribution in [0.25, 0.3) is 0 Å². The van der Waals surface area contributed by atoms with Crippen LogP contribution in [0.4, 0.5) is 0 Å². The van der Waals surface area contributed by atoms with Gasteiger partial charge in [0.1, 0.15) is 0 Å². The number of aryl methyl sites for hydroxylation is 1. The van der Waals surface area contributed by atoms with Gasteiger partial charge in [-0.1, -0.05) is 63.4 Å². The van der Waals surface area contributed by atoms with Gasteiger partial charge in [-0.2, -0.15) is 0 Å². The molecule has 0 bridgehead atoms. The molecule has 1 saturated heterocycles. The van der Waals surface area contributed by atoms with E-state index in [0.29, 0.717) is 12.1 Å². The van der Waals surface area contributed by atoms with Gasteiger partial charge < -0.3 is 5.32 Å². The summed E-state index contributed by atoms with van der Waals surface area (Å²) in [6, 6.07) is 10.4. The van der Waals surface area contributed by atoms with Crippen molar-refractivity contribution in [1.82, 2.24) is 10.2 Å². The van der Waals surface area contributed by atoms with Gasteiger partial charge >= 0.3 is 0 Å². The maximum absolute atomic E-state index is 3.79. The second-order valence-corrected chi connectivity index (χ2v) is 6.76. The molecule has 1 heterocycles. The lowest BCUT2D eigenvalue weighted by atomic mass is 9.94. The molecule has 0 aromatic heterocycles. The minimum atomic E-state index is 0.647. The van der Waals surface area contributed by atoms with Crippen molar-refractivity contribution in [3.63, 3.8) is 0 Å².